The van der Waals surface area contributed by atoms with Crippen molar-refractivity contribution >= 4 is 27.3 Å². The van der Waals surface area contributed by atoms with Gasteiger partial charge < -0.3 is 10.2 Å². The first-order valence-electron chi connectivity index (χ1n) is 6.86. The summed E-state index contributed by atoms with van der Waals surface area (Å²) in [5, 5.41) is 14.3. The second-order valence-electron chi connectivity index (χ2n) is 5.28. The number of hydrogen-bond acceptors (Lipinski definition) is 4. The van der Waals surface area contributed by atoms with Gasteiger partial charge in [0.15, 0.2) is 0 Å². The van der Waals surface area contributed by atoms with Crippen LogP contribution in [0.2, 0.25) is 0 Å². The molecule has 0 bridgehead atoms. The van der Waals surface area contributed by atoms with Crippen LogP contribution in [0.4, 0.5) is 11.4 Å². The fraction of sp³-hybridized carbons (Fsp3) is 0.250. The van der Waals surface area contributed by atoms with Gasteiger partial charge in [0.25, 0.3) is 5.69 Å². The lowest BCUT2D eigenvalue weighted by Gasteiger charge is -2.15. The quantitative estimate of drug-likeness (QED) is 0.621. The largest absolute Gasteiger partial charge is 0.375 e. The van der Waals surface area contributed by atoms with Gasteiger partial charge >= 0.3 is 0 Å². The molecule has 1 N–H and O–H groups in total. The summed E-state index contributed by atoms with van der Waals surface area (Å²) in [5.41, 5.74) is 2.93. The zero-order valence-corrected chi connectivity index (χ0v) is 14.1. The average Bonchev–Trinajstić information content (AvgIpc) is 2.46. The van der Waals surface area contributed by atoms with Crippen molar-refractivity contribution in [3.63, 3.8) is 0 Å². The van der Waals surface area contributed by atoms with Crippen molar-refractivity contribution in [2.45, 2.75) is 13.1 Å². The second-order valence-corrected chi connectivity index (χ2v) is 6.19. The fourth-order valence-corrected chi connectivity index (χ4v) is 2.57. The van der Waals surface area contributed by atoms with E-state index >= 15 is 0 Å². The Morgan fingerprint density at radius 1 is 1.18 bits per heavy atom. The summed E-state index contributed by atoms with van der Waals surface area (Å²) in [6, 6.07) is 13.1. The van der Waals surface area contributed by atoms with Gasteiger partial charge in [0.1, 0.15) is 5.69 Å². The summed E-state index contributed by atoms with van der Waals surface area (Å²) in [5.74, 6) is 0. The number of benzene rings is 2. The highest BCUT2D eigenvalue weighted by Gasteiger charge is 2.14. The summed E-state index contributed by atoms with van der Waals surface area (Å²) in [7, 11) is 4.04. The molecule has 0 radical (unpaired) electrons. The first-order valence-corrected chi connectivity index (χ1v) is 7.66. The summed E-state index contributed by atoms with van der Waals surface area (Å²) in [6.07, 6.45) is 0. The fourth-order valence-electron chi connectivity index (χ4n) is 2.22. The molecule has 0 unspecified atom stereocenters. The number of nitro benzene ring substituents is 1. The Bertz CT molecular complexity index is 674. The van der Waals surface area contributed by atoms with Gasteiger partial charge in [-0.3, -0.25) is 10.1 Å². The summed E-state index contributed by atoms with van der Waals surface area (Å²) in [6.45, 7) is 1.38. The lowest BCUT2D eigenvalue weighted by molar-refractivity contribution is -0.384. The van der Waals surface area contributed by atoms with E-state index in [1.54, 1.807) is 12.1 Å². The van der Waals surface area contributed by atoms with Crippen molar-refractivity contribution in [2.24, 2.45) is 0 Å². The van der Waals surface area contributed by atoms with Crippen molar-refractivity contribution in [3.05, 3.63) is 68.2 Å². The van der Waals surface area contributed by atoms with E-state index in [-0.39, 0.29) is 10.6 Å². The summed E-state index contributed by atoms with van der Waals surface area (Å²) in [4.78, 5) is 12.9. The minimum Gasteiger partial charge on any atom is -0.375 e. The number of halogens is 1. The van der Waals surface area contributed by atoms with Crippen LogP contribution >= 0.6 is 15.9 Å². The second kappa shape index (κ2) is 7.38. The van der Waals surface area contributed by atoms with Gasteiger partial charge in [0.05, 0.1) is 4.92 Å². The molecule has 5 nitrogen and oxygen atoms in total. The Morgan fingerprint density at radius 3 is 2.50 bits per heavy atom. The maximum absolute atomic E-state index is 11.1. The van der Waals surface area contributed by atoms with Crippen LogP contribution in [0.3, 0.4) is 0 Å². The van der Waals surface area contributed by atoms with Crippen LogP contribution in [0.5, 0.6) is 0 Å². The molecule has 6 heteroatoms. The van der Waals surface area contributed by atoms with Crippen molar-refractivity contribution < 1.29 is 4.92 Å². The minimum atomic E-state index is -0.376. The molecule has 0 heterocycles. The highest BCUT2D eigenvalue weighted by molar-refractivity contribution is 9.10. The zero-order chi connectivity index (χ0) is 16.1. The number of nitrogens with zero attached hydrogens (tertiary/aromatic N) is 2. The first kappa shape index (κ1) is 16.5. The van der Waals surface area contributed by atoms with Gasteiger partial charge in [0, 0.05) is 23.6 Å². The molecule has 0 aliphatic rings. The molecule has 22 heavy (non-hydrogen) atoms. The molecular weight excluding hydrogens is 346 g/mol. The van der Waals surface area contributed by atoms with E-state index < -0.39 is 0 Å². The zero-order valence-electron chi connectivity index (χ0n) is 12.5. The lowest BCUT2D eigenvalue weighted by Crippen LogP contribution is -2.13. The van der Waals surface area contributed by atoms with Gasteiger partial charge in [-0.1, -0.05) is 40.2 Å². The smallest absolute Gasteiger partial charge is 0.293 e. The van der Waals surface area contributed by atoms with Crippen LogP contribution in [0, 0.1) is 10.1 Å². The van der Waals surface area contributed by atoms with Crippen molar-refractivity contribution in [3.8, 4) is 0 Å². The maximum atomic E-state index is 11.1. The third-order valence-corrected chi connectivity index (χ3v) is 3.72. The van der Waals surface area contributed by atoms with Crippen molar-refractivity contribution in [2.75, 3.05) is 19.4 Å². The number of anilines is 1. The van der Waals surface area contributed by atoms with E-state index in [0.717, 1.165) is 12.1 Å². The molecule has 0 atom stereocenters. The molecule has 0 amide bonds. The lowest BCUT2D eigenvalue weighted by atomic mass is 10.1. The standard InChI is InChI=1S/C16H18BrN3O2/c1-19(2)11-13-6-4-3-5-12(13)10-18-15-8-7-14(17)9-16(15)20(21)22/h3-9,18H,10-11H2,1-2H3. The topological polar surface area (TPSA) is 58.4 Å². The van der Waals surface area contributed by atoms with Crippen LogP contribution in [-0.4, -0.2) is 23.9 Å². The van der Waals surface area contributed by atoms with Gasteiger partial charge in [-0.25, -0.2) is 0 Å². The normalized spacial score (nSPS) is 10.7. The predicted molar refractivity (Wildman–Crippen MR) is 92.0 cm³/mol. The van der Waals surface area contributed by atoms with E-state index in [2.05, 4.69) is 32.2 Å². The average molecular weight is 364 g/mol. The monoisotopic (exact) mass is 363 g/mol. The Morgan fingerprint density at radius 2 is 1.86 bits per heavy atom. The highest BCUT2D eigenvalue weighted by Crippen LogP contribution is 2.28. The third-order valence-electron chi connectivity index (χ3n) is 3.23. The minimum absolute atomic E-state index is 0.0689. The molecule has 2 rings (SSSR count). The Hall–Kier alpha value is -1.92. The molecule has 0 aliphatic carbocycles. The molecule has 0 saturated carbocycles. The predicted octanol–water partition coefficient (Wildman–Crippen LogP) is 4.03. The van der Waals surface area contributed by atoms with Gasteiger partial charge in [-0.2, -0.15) is 0 Å². The van der Waals surface area contributed by atoms with Crippen LogP contribution in [-0.2, 0) is 13.1 Å². The molecule has 0 saturated heterocycles. The molecule has 0 fully saturated rings. The van der Waals surface area contributed by atoms with E-state index in [1.165, 1.54) is 11.6 Å². The van der Waals surface area contributed by atoms with Gasteiger partial charge in [-0.15, -0.1) is 0 Å². The number of nitrogens with one attached hydrogen (secondary N) is 1. The summed E-state index contributed by atoms with van der Waals surface area (Å²) < 4.78 is 0.692. The first-order chi connectivity index (χ1) is 10.5. The SMILES string of the molecule is CN(C)Cc1ccccc1CNc1ccc(Br)cc1[N+](=O)[O-]. The van der Waals surface area contributed by atoms with E-state index in [0.29, 0.717) is 16.7 Å². The maximum Gasteiger partial charge on any atom is 0.293 e. The Balaban J connectivity index is 2.19. The molecule has 0 aliphatic heterocycles. The van der Waals surface area contributed by atoms with Crippen LogP contribution in [0.15, 0.2) is 46.9 Å². The van der Waals surface area contributed by atoms with Gasteiger partial charge in [0.2, 0.25) is 0 Å². The molecule has 2 aromatic rings. The van der Waals surface area contributed by atoms with Crippen LogP contribution in [0.25, 0.3) is 0 Å². The molecule has 0 aromatic heterocycles. The molecule has 0 spiro atoms. The number of rotatable bonds is 6. The van der Waals surface area contributed by atoms with Crippen LogP contribution < -0.4 is 5.32 Å². The third kappa shape index (κ3) is 4.29. The van der Waals surface area contributed by atoms with E-state index in [4.69, 9.17) is 0 Å². The number of nitro groups is 1. The highest BCUT2D eigenvalue weighted by atomic mass is 79.9. The van der Waals surface area contributed by atoms with Crippen molar-refractivity contribution in [1.29, 1.82) is 0 Å². The van der Waals surface area contributed by atoms with Gasteiger partial charge in [-0.05, 0) is 37.4 Å². The van der Waals surface area contributed by atoms with E-state index in [1.807, 2.05) is 32.3 Å². The van der Waals surface area contributed by atoms with Crippen molar-refractivity contribution in [1.82, 2.24) is 4.90 Å². The Kier molecular flexibility index (Phi) is 5.51. The molecule has 116 valence electrons. The molecular formula is C16H18BrN3O2. The number of hydrogen-bond donors (Lipinski definition) is 1. The Labute approximate surface area is 138 Å². The van der Waals surface area contributed by atoms with Crippen LogP contribution in [0.1, 0.15) is 11.1 Å². The molecule has 2 aromatic carbocycles. The van der Waals surface area contributed by atoms with E-state index in [9.17, 15) is 10.1 Å². The summed E-state index contributed by atoms with van der Waals surface area (Å²) >= 11 is 3.26.